The van der Waals surface area contributed by atoms with Crippen molar-refractivity contribution < 1.29 is 9.94 Å². The predicted octanol–water partition coefficient (Wildman–Crippen LogP) is -0.912. The van der Waals surface area contributed by atoms with Crippen LogP contribution in [0.2, 0.25) is 0 Å². The summed E-state index contributed by atoms with van der Waals surface area (Å²) in [6.45, 7) is 3.69. The molecule has 0 saturated heterocycles. The first-order valence-electron chi connectivity index (χ1n) is 4.21. The van der Waals surface area contributed by atoms with Crippen LogP contribution in [0.4, 0.5) is 0 Å². The molecule has 1 aromatic rings. The van der Waals surface area contributed by atoms with Crippen molar-refractivity contribution in [3.63, 3.8) is 0 Å². The largest absolute Gasteiger partial charge is 0.388 e. The summed E-state index contributed by atoms with van der Waals surface area (Å²) in [6, 6.07) is 7.51. The lowest BCUT2D eigenvalue weighted by molar-refractivity contribution is 0.221. The van der Waals surface area contributed by atoms with E-state index in [0.29, 0.717) is 11.7 Å². The molecule has 0 radical (unpaired) electrons. The van der Waals surface area contributed by atoms with Crippen LogP contribution in [0, 0.1) is 0 Å². The van der Waals surface area contributed by atoms with Crippen LogP contribution >= 0.6 is 0 Å². The Bertz CT molecular complexity index is 479. The van der Waals surface area contributed by atoms with Gasteiger partial charge in [-0.3, -0.25) is 0 Å². The minimum absolute atomic E-state index is 0.164. The van der Waals surface area contributed by atoms with Crippen molar-refractivity contribution in [3.8, 4) is 0 Å². The number of aliphatic hydroxyl groups excluding tert-OH is 1. The third-order valence-corrected chi connectivity index (χ3v) is 1.90. The third kappa shape index (κ3) is 1.47. The molecule has 0 bridgehead atoms. The fourth-order valence-electron chi connectivity index (χ4n) is 1.19. The molecule has 14 heavy (non-hydrogen) atoms. The third-order valence-electron chi connectivity index (χ3n) is 1.90. The Morgan fingerprint density at radius 3 is 2.86 bits per heavy atom. The Morgan fingerprint density at radius 1 is 1.43 bits per heavy atom. The molecule has 4 nitrogen and oxygen atoms in total. The smallest absolute Gasteiger partial charge is 0.255 e. The highest BCUT2D eigenvalue weighted by atomic mass is 16.7. The van der Waals surface area contributed by atoms with E-state index in [0.717, 1.165) is 10.4 Å². The van der Waals surface area contributed by atoms with E-state index in [-0.39, 0.29) is 6.61 Å². The summed E-state index contributed by atoms with van der Waals surface area (Å²) in [5.74, 6) is 0.850. The highest BCUT2D eigenvalue weighted by Gasteiger charge is 2.10. The van der Waals surface area contributed by atoms with Gasteiger partial charge in [0.25, 0.3) is 5.88 Å². The highest BCUT2D eigenvalue weighted by molar-refractivity contribution is 5.87. The molecule has 0 aromatic heterocycles. The number of hydrogen-bond donors (Lipinski definition) is 2. The second-order valence-electron chi connectivity index (χ2n) is 2.88. The minimum Gasteiger partial charge on any atom is -0.388 e. The number of benzene rings is 1. The number of hydrogen-bond acceptors (Lipinski definition) is 4. The summed E-state index contributed by atoms with van der Waals surface area (Å²) in [5, 5.41) is 10.5. The zero-order valence-electron chi connectivity index (χ0n) is 7.53. The van der Waals surface area contributed by atoms with Gasteiger partial charge >= 0.3 is 0 Å². The molecule has 4 heteroatoms. The molecule has 2 rings (SSSR count). The number of nitrogens with zero attached hydrogens (tertiary/aromatic N) is 1. The zero-order chi connectivity index (χ0) is 9.97. The van der Waals surface area contributed by atoms with E-state index in [2.05, 4.69) is 17.1 Å². The molecular weight excluding hydrogens is 180 g/mol. The lowest BCUT2D eigenvalue weighted by atomic mass is 10.2. The average molecular weight is 190 g/mol. The number of amidine groups is 1. The van der Waals surface area contributed by atoms with Gasteiger partial charge in [0.2, 0.25) is 0 Å². The topological polar surface area (TPSA) is 53.9 Å². The second kappa shape index (κ2) is 3.51. The zero-order valence-corrected chi connectivity index (χ0v) is 7.53. The van der Waals surface area contributed by atoms with Crippen molar-refractivity contribution in [2.24, 2.45) is 4.99 Å². The summed E-state index contributed by atoms with van der Waals surface area (Å²) < 4.78 is 0. The summed E-state index contributed by atoms with van der Waals surface area (Å²) in [4.78, 5) is 9.13. The van der Waals surface area contributed by atoms with E-state index < -0.39 is 0 Å². The van der Waals surface area contributed by atoms with Crippen molar-refractivity contribution in [1.29, 1.82) is 0 Å². The quantitative estimate of drug-likeness (QED) is 0.602. The summed E-state index contributed by atoms with van der Waals surface area (Å²) in [7, 11) is 0. The van der Waals surface area contributed by atoms with Crippen molar-refractivity contribution >= 4 is 18.3 Å². The number of aliphatic hydroxyl groups is 1. The normalized spacial score (nSPS) is 18.5. The highest BCUT2D eigenvalue weighted by Crippen LogP contribution is 2.02. The molecule has 72 valence electrons. The molecule has 0 saturated carbocycles. The Kier molecular flexibility index (Phi) is 2.20. The Labute approximate surface area is 80.8 Å². The maximum absolute atomic E-state index is 8.80. The number of hydroxylamine groups is 1. The SMILES string of the molecule is C=c1ccccc1=C1N=C(CO)NO1. The lowest BCUT2D eigenvalue weighted by Crippen LogP contribution is -2.25. The van der Waals surface area contributed by atoms with Gasteiger partial charge in [-0.2, -0.15) is 4.99 Å². The molecule has 0 atom stereocenters. The first-order valence-corrected chi connectivity index (χ1v) is 4.21. The monoisotopic (exact) mass is 190 g/mol. The molecule has 0 aliphatic carbocycles. The van der Waals surface area contributed by atoms with E-state index in [1.54, 1.807) is 0 Å². The maximum Gasteiger partial charge on any atom is 0.255 e. The van der Waals surface area contributed by atoms with Gasteiger partial charge in [-0.15, -0.1) is 0 Å². The second-order valence-corrected chi connectivity index (χ2v) is 2.88. The minimum atomic E-state index is -0.164. The molecule has 1 aliphatic rings. The number of aliphatic imine (C=N–C) groups is 1. The maximum atomic E-state index is 8.80. The molecule has 0 fully saturated rings. The van der Waals surface area contributed by atoms with Gasteiger partial charge in [-0.05, 0) is 11.3 Å². The molecule has 0 spiro atoms. The van der Waals surface area contributed by atoms with Crippen LogP contribution in [-0.4, -0.2) is 17.5 Å². The van der Waals surface area contributed by atoms with Gasteiger partial charge in [0, 0.05) is 5.22 Å². The Morgan fingerprint density at radius 2 is 2.21 bits per heavy atom. The van der Waals surface area contributed by atoms with Crippen LogP contribution in [-0.2, 0) is 4.84 Å². The van der Waals surface area contributed by atoms with Gasteiger partial charge in [-0.1, -0.05) is 24.8 Å². The predicted molar refractivity (Wildman–Crippen MR) is 53.4 cm³/mol. The fraction of sp³-hybridized carbons (Fsp3) is 0.100. The number of nitrogens with one attached hydrogen (secondary N) is 1. The summed E-state index contributed by atoms with van der Waals surface area (Å²) >= 11 is 0. The Hall–Kier alpha value is -1.81. The van der Waals surface area contributed by atoms with E-state index in [4.69, 9.17) is 9.94 Å². The first-order chi connectivity index (χ1) is 6.81. The van der Waals surface area contributed by atoms with E-state index in [1.165, 1.54) is 0 Å². The van der Waals surface area contributed by atoms with Gasteiger partial charge in [0.1, 0.15) is 6.61 Å². The van der Waals surface area contributed by atoms with Crippen LogP contribution in [0.25, 0.3) is 12.5 Å². The lowest BCUT2D eigenvalue weighted by Gasteiger charge is -1.95. The molecule has 2 N–H and O–H groups in total. The van der Waals surface area contributed by atoms with Crippen molar-refractivity contribution in [3.05, 3.63) is 34.7 Å². The van der Waals surface area contributed by atoms with Gasteiger partial charge in [0.05, 0.1) is 0 Å². The van der Waals surface area contributed by atoms with E-state index in [9.17, 15) is 0 Å². The van der Waals surface area contributed by atoms with Crippen LogP contribution in [0.1, 0.15) is 0 Å². The van der Waals surface area contributed by atoms with Gasteiger partial charge in [-0.25, -0.2) is 5.48 Å². The fourth-order valence-corrected chi connectivity index (χ4v) is 1.19. The van der Waals surface area contributed by atoms with Crippen LogP contribution in [0.5, 0.6) is 0 Å². The van der Waals surface area contributed by atoms with E-state index in [1.807, 2.05) is 24.3 Å². The van der Waals surface area contributed by atoms with Gasteiger partial charge < -0.3 is 9.94 Å². The summed E-state index contributed by atoms with van der Waals surface area (Å²) in [6.07, 6.45) is 0. The standard InChI is InChI=1S/C10H10N2O2/c1-7-4-2-3-5-8(7)10-11-9(6-13)12-14-10/h2-5,13H,1,6H2,(H,11,12). The van der Waals surface area contributed by atoms with Crippen LogP contribution in [0.15, 0.2) is 29.3 Å². The van der Waals surface area contributed by atoms with Crippen molar-refractivity contribution in [1.82, 2.24) is 5.48 Å². The molecule has 0 unspecified atom stereocenters. The molecule has 1 aromatic carbocycles. The molecule has 1 aliphatic heterocycles. The molecular formula is C10H10N2O2. The first kappa shape index (κ1) is 8.77. The van der Waals surface area contributed by atoms with Crippen molar-refractivity contribution in [2.45, 2.75) is 0 Å². The summed E-state index contributed by atoms with van der Waals surface area (Å²) in [5.41, 5.74) is 2.52. The van der Waals surface area contributed by atoms with Crippen LogP contribution in [0.3, 0.4) is 0 Å². The molecule has 1 heterocycles. The van der Waals surface area contributed by atoms with E-state index >= 15 is 0 Å². The van der Waals surface area contributed by atoms with Crippen molar-refractivity contribution in [2.75, 3.05) is 6.61 Å². The Balaban J connectivity index is 2.58. The average Bonchev–Trinajstić information content (AvgIpc) is 2.67. The molecule has 0 amide bonds. The number of rotatable bonds is 1. The van der Waals surface area contributed by atoms with Crippen LogP contribution < -0.4 is 15.9 Å². The van der Waals surface area contributed by atoms with Gasteiger partial charge in [0.15, 0.2) is 5.84 Å².